The van der Waals surface area contributed by atoms with E-state index in [9.17, 15) is 9.59 Å². The third-order valence-corrected chi connectivity index (χ3v) is 5.96. The van der Waals surface area contributed by atoms with E-state index in [1.54, 1.807) is 23.1 Å². The number of hydrogen-bond acceptors (Lipinski definition) is 6. The average Bonchev–Trinajstić information content (AvgIpc) is 3.26. The van der Waals surface area contributed by atoms with Crippen LogP contribution < -0.4 is 10.5 Å². The highest BCUT2D eigenvalue weighted by Crippen LogP contribution is 2.27. The molecular weight excluding hydrogens is 400 g/mol. The number of amides is 1. The minimum Gasteiger partial charge on any atom is -0.392 e. The molecule has 0 aliphatic carbocycles. The second kappa shape index (κ2) is 9.06. The molecule has 1 fully saturated rings. The van der Waals surface area contributed by atoms with Gasteiger partial charge in [0.1, 0.15) is 5.69 Å². The summed E-state index contributed by atoms with van der Waals surface area (Å²) in [6.07, 6.45) is 3.36. The van der Waals surface area contributed by atoms with Gasteiger partial charge >= 0.3 is 0 Å². The molecule has 30 heavy (non-hydrogen) atoms. The quantitative estimate of drug-likeness (QED) is 0.616. The van der Waals surface area contributed by atoms with Crippen molar-refractivity contribution in [3.05, 3.63) is 74.7 Å². The zero-order chi connectivity index (χ0) is 20.9. The molecule has 8 heteroatoms. The van der Waals surface area contributed by atoms with Gasteiger partial charge < -0.3 is 14.9 Å². The number of piperazine rings is 1. The highest BCUT2D eigenvalue weighted by atomic mass is 32.1. The van der Waals surface area contributed by atoms with Crippen molar-refractivity contribution in [2.45, 2.75) is 6.61 Å². The molecule has 0 spiro atoms. The first-order valence-electron chi connectivity index (χ1n) is 9.69. The number of aliphatic hydroxyl groups excluding tert-OH is 1. The van der Waals surface area contributed by atoms with Crippen LogP contribution in [0.15, 0.2) is 58.7 Å². The summed E-state index contributed by atoms with van der Waals surface area (Å²) in [4.78, 5) is 29.3. The molecule has 1 saturated heterocycles. The Morgan fingerprint density at radius 2 is 1.93 bits per heavy atom. The van der Waals surface area contributed by atoms with Gasteiger partial charge in [-0.2, -0.15) is 5.10 Å². The number of hydrogen-bond donors (Lipinski definition) is 2. The molecule has 2 N–H and O–H groups in total. The SMILES string of the molecule is O=C(/C=C/c1cc(CO)cs1)N1CCN(c2cc(=O)[nH]nc2-c2ccccc2)CC1. The van der Waals surface area contributed by atoms with Crippen LogP contribution in [0, 0.1) is 0 Å². The lowest BCUT2D eigenvalue weighted by molar-refractivity contribution is -0.126. The van der Waals surface area contributed by atoms with Crippen LogP contribution in [0.1, 0.15) is 10.4 Å². The van der Waals surface area contributed by atoms with Crippen LogP contribution in [0.5, 0.6) is 0 Å². The maximum atomic E-state index is 12.5. The van der Waals surface area contributed by atoms with Crippen LogP contribution >= 0.6 is 11.3 Å². The van der Waals surface area contributed by atoms with Crippen molar-refractivity contribution in [2.24, 2.45) is 0 Å². The van der Waals surface area contributed by atoms with E-state index >= 15 is 0 Å². The normalized spacial score (nSPS) is 14.4. The molecule has 7 nitrogen and oxygen atoms in total. The van der Waals surface area contributed by atoms with E-state index < -0.39 is 0 Å². The molecule has 0 saturated carbocycles. The number of thiophene rings is 1. The highest BCUT2D eigenvalue weighted by molar-refractivity contribution is 7.11. The summed E-state index contributed by atoms with van der Waals surface area (Å²) < 4.78 is 0. The first-order chi connectivity index (χ1) is 14.6. The Morgan fingerprint density at radius 3 is 2.63 bits per heavy atom. The van der Waals surface area contributed by atoms with Crippen LogP contribution in [-0.2, 0) is 11.4 Å². The minimum atomic E-state index is -0.246. The number of benzene rings is 1. The van der Waals surface area contributed by atoms with Gasteiger partial charge in [-0.05, 0) is 23.1 Å². The maximum Gasteiger partial charge on any atom is 0.266 e. The number of rotatable bonds is 5. The Kier molecular flexibility index (Phi) is 6.06. The second-order valence-electron chi connectivity index (χ2n) is 6.99. The summed E-state index contributed by atoms with van der Waals surface area (Å²) in [5, 5.41) is 17.8. The standard InChI is InChI=1S/C22H22N4O3S/c27-14-16-12-18(30-15-16)6-7-21(29)26-10-8-25(9-11-26)19-13-20(28)23-24-22(19)17-4-2-1-3-5-17/h1-7,12-13,15,27H,8-11,14H2,(H,23,28)/b7-6+. The molecule has 154 valence electrons. The molecule has 3 aromatic rings. The van der Waals surface area contributed by atoms with Crippen LogP contribution in [0.3, 0.4) is 0 Å². The third kappa shape index (κ3) is 4.50. The molecular formula is C22H22N4O3S. The fraction of sp³-hybridized carbons (Fsp3) is 0.227. The zero-order valence-electron chi connectivity index (χ0n) is 16.3. The number of anilines is 1. The average molecular weight is 423 g/mol. The van der Waals surface area contributed by atoms with Gasteiger partial charge in [-0.3, -0.25) is 9.59 Å². The van der Waals surface area contributed by atoms with E-state index in [2.05, 4.69) is 15.1 Å². The van der Waals surface area contributed by atoms with Gasteiger partial charge in [0.25, 0.3) is 5.56 Å². The lowest BCUT2D eigenvalue weighted by Gasteiger charge is -2.36. The molecule has 0 bridgehead atoms. The molecule has 0 radical (unpaired) electrons. The van der Waals surface area contributed by atoms with Crippen LogP contribution in [0.25, 0.3) is 17.3 Å². The molecule has 1 aliphatic rings. The molecule has 1 aromatic carbocycles. The van der Waals surface area contributed by atoms with E-state index in [0.29, 0.717) is 26.2 Å². The van der Waals surface area contributed by atoms with Crippen molar-refractivity contribution in [1.82, 2.24) is 15.1 Å². The molecule has 1 amide bonds. The lowest BCUT2D eigenvalue weighted by atomic mass is 10.1. The summed E-state index contributed by atoms with van der Waals surface area (Å²) in [7, 11) is 0. The number of nitrogens with zero attached hydrogens (tertiary/aromatic N) is 3. The maximum absolute atomic E-state index is 12.5. The number of aromatic amines is 1. The Hall–Kier alpha value is -3.23. The van der Waals surface area contributed by atoms with E-state index in [-0.39, 0.29) is 18.1 Å². The second-order valence-corrected chi connectivity index (χ2v) is 7.94. The van der Waals surface area contributed by atoms with Crippen molar-refractivity contribution in [3.8, 4) is 11.3 Å². The number of nitrogens with one attached hydrogen (secondary N) is 1. The first kappa shape index (κ1) is 20.1. The Bertz CT molecular complexity index is 1100. The Balaban J connectivity index is 1.44. The smallest absolute Gasteiger partial charge is 0.266 e. The van der Waals surface area contributed by atoms with E-state index in [1.165, 1.54) is 11.3 Å². The number of carbonyl (C=O) groups is 1. The van der Waals surface area contributed by atoms with Crippen molar-refractivity contribution in [2.75, 3.05) is 31.1 Å². The summed E-state index contributed by atoms with van der Waals surface area (Å²) in [5.41, 5.74) is 3.05. The minimum absolute atomic E-state index is 0.00237. The molecule has 0 atom stereocenters. The van der Waals surface area contributed by atoms with Gasteiger partial charge in [-0.25, -0.2) is 5.10 Å². The predicted octanol–water partition coefficient (Wildman–Crippen LogP) is 2.35. The summed E-state index contributed by atoms with van der Waals surface area (Å²) in [5.74, 6) is -0.0408. The summed E-state index contributed by atoms with van der Waals surface area (Å²) in [6, 6.07) is 13.2. The lowest BCUT2D eigenvalue weighted by Crippen LogP contribution is -2.48. The Morgan fingerprint density at radius 1 is 1.17 bits per heavy atom. The monoisotopic (exact) mass is 422 g/mol. The van der Waals surface area contributed by atoms with Gasteiger partial charge in [0.2, 0.25) is 5.91 Å². The number of carbonyl (C=O) groups excluding carboxylic acids is 1. The largest absolute Gasteiger partial charge is 0.392 e. The molecule has 4 rings (SSSR count). The summed E-state index contributed by atoms with van der Waals surface area (Å²) in [6.45, 7) is 2.38. The van der Waals surface area contributed by atoms with Gasteiger partial charge in [0.05, 0.1) is 12.3 Å². The molecule has 2 aromatic heterocycles. The third-order valence-electron chi connectivity index (χ3n) is 5.01. The number of aliphatic hydroxyl groups is 1. The molecule has 0 unspecified atom stereocenters. The Labute approximate surface area is 177 Å². The van der Waals surface area contributed by atoms with Crippen molar-refractivity contribution in [3.63, 3.8) is 0 Å². The zero-order valence-corrected chi connectivity index (χ0v) is 17.1. The fourth-order valence-corrected chi connectivity index (χ4v) is 4.23. The van der Waals surface area contributed by atoms with Gasteiger partial charge in [-0.1, -0.05) is 30.3 Å². The van der Waals surface area contributed by atoms with E-state index in [0.717, 1.165) is 27.4 Å². The van der Waals surface area contributed by atoms with Crippen LogP contribution in [0.4, 0.5) is 5.69 Å². The van der Waals surface area contributed by atoms with Gasteiger partial charge in [-0.15, -0.1) is 11.3 Å². The van der Waals surface area contributed by atoms with Gasteiger partial charge in [0.15, 0.2) is 0 Å². The van der Waals surface area contributed by atoms with E-state index in [4.69, 9.17) is 5.11 Å². The van der Waals surface area contributed by atoms with Crippen LogP contribution in [0.2, 0.25) is 0 Å². The van der Waals surface area contributed by atoms with E-state index in [1.807, 2.05) is 41.8 Å². The summed E-state index contributed by atoms with van der Waals surface area (Å²) >= 11 is 1.50. The number of aromatic nitrogens is 2. The van der Waals surface area contributed by atoms with Crippen molar-refractivity contribution < 1.29 is 9.90 Å². The topological polar surface area (TPSA) is 89.5 Å². The van der Waals surface area contributed by atoms with Crippen molar-refractivity contribution >= 4 is 29.0 Å². The molecule has 3 heterocycles. The van der Waals surface area contributed by atoms with Crippen molar-refractivity contribution in [1.29, 1.82) is 0 Å². The predicted molar refractivity (Wildman–Crippen MR) is 118 cm³/mol. The highest BCUT2D eigenvalue weighted by Gasteiger charge is 2.23. The molecule has 1 aliphatic heterocycles. The fourth-order valence-electron chi connectivity index (χ4n) is 3.43. The first-order valence-corrected chi connectivity index (χ1v) is 10.6. The van der Waals surface area contributed by atoms with Crippen LogP contribution in [-0.4, -0.2) is 52.3 Å². The number of H-pyrrole nitrogens is 1. The van der Waals surface area contributed by atoms with Gasteiger partial charge in [0, 0.05) is 48.8 Å².